The third kappa shape index (κ3) is 3.58. The summed E-state index contributed by atoms with van der Waals surface area (Å²) in [5, 5.41) is 2.73. The largest absolute Gasteiger partial charge is 0.331 e. The Morgan fingerprint density at radius 1 is 1.17 bits per heavy atom. The van der Waals surface area contributed by atoms with Crippen LogP contribution in [-0.4, -0.2) is 43.6 Å². The highest BCUT2D eigenvalue weighted by Gasteiger charge is 2.39. The number of hydrogen-bond acceptors (Lipinski definition) is 4. The monoisotopic (exact) mass is 433 g/mol. The van der Waals surface area contributed by atoms with Crippen molar-refractivity contribution in [3.63, 3.8) is 0 Å². The summed E-state index contributed by atoms with van der Waals surface area (Å²) in [6.45, 7) is 0.580. The normalized spacial score (nSPS) is 19.1. The van der Waals surface area contributed by atoms with Gasteiger partial charge in [-0.05, 0) is 42.2 Å². The van der Waals surface area contributed by atoms with Crippen molar-refractivity contribution in [2.24, 2.45) is 0 Å². The number of nitrogens with one attached hydrogen (secondary N) is 1. The highest BCUT2D eigenvalue weighted by molar-refractivity contribution is 7.89. The van der Waals surface area contributed by atoms with Crippen LogP contribution < -0.4 is 10.2 Å². The van der Waals surface area contributed by atoms with Crippen molar-refractivity contribution < 1.29 is 18.0 Å². The molecule has 7 nitrogen and oxygen atoms in total. The maximum Gasteiger partial charge on any atom is 0.331 e. The lowest BCUT2D eigenvalue weighted by molar-refractivity contribution is -0.116. The molecule has 0 radical (unpaired) electrons. The van der Waals surface area contributed by atoms with Crippen molar-refractivity contribution in [3.05, 3.63) is 59.7 Å². The Morgan fingerprint density at radius 3 is 2.66 bits per heavy atom. The van der Waals surface area contributed by atoms with Gasteiger partial charge in [-0.3, -0.25) is 4.79 Å². The maximum atomic E-state index is 13.1. The lowest BCUT2D eigenvalue weighted by Crippen LogP contribution is -2.37. The predicted molar refractivity (Wildman–Crippen MR) is 109 cm³/mol. The van der Waals surface area contributed by atoms with Crippen molar-refractivity contribution in [1.29, 1.82) is 0 Å². The topological polar surface area (TPSA) is 86.8 Å². The van der Waals surface area contributed by atoms with E-state index in [-0.39, 0.29) is 23.2 Å². The molecule has 2 aliphatic heterocycles. The molecule has 1 atom stereocenters. The highest BCUT2D eigenvalue weighted by Crippen LogP contribution is 2.32. The quantitative estimate of drug-likeness (QED) is 0.751. The third-order valence-electron chi connectivity index (χ3n) is 5.25. The number of amides is 3. The fourth-order valence-electron chi connectivity index (χ4n) is 3.79. The minimum absolute atomic E-state index is 0.0269. The van der Waals surface area contributed by atoms with Crippen molar-refractivity contribution >= 4 is 39.2 Å². The predicted octanol–water partition coefficient (Wildman–Crippen LogP) is 2.66. The van der Waals surface area contributed by atoms with Gasteiger partial charge in [0.05, 0.1) is 17.5 Å². The smallest absolute Gasteiger partial charge is 0.328 e. The van der Waals surface area contributed by atoms with Crippen molar-refractivity contribution in [2.75, 3.05) is 23.9 Å². The molecule has 29 heavy (non-hydrogen) atoms. The van der Waals surface area contributed by atoms with Crippen LogP contribution in [0.2, 0.25) is 0 Å². The summed E-state index contributed by atoms with van der Waals surface area (Å²) in [6, 6.07) is 12.8. The molecule has 3 amide bonds. The van der Waals surface area contributed by atoms with E-state index in [1.807, 2.05) is 30.3 Å². The van der Waals surface area contributed by atoms with Crippen LogP contribution in [0.25, 0.3) is 0 Å². The minimum atomic E-state index is -4.01. The van der Waals surface area contributed by atoms with E-state index in [0.29, 0.717) is 18.7 Å². The molecular formula is C20H20ClN3O4S. The van der Waals surface area contributed by atoms with Gasteiger partial charge in [-0.2, -0.15) is 0 Å². The number of halogens is 1. The van der Waals surface area contributed by atoms with Gasteiger partial charge in [-0.15, -0.1) is 11.6 Å². The van der Waals surface area contributed by atoms with Crippen LogP contribution in [0.15, 0.2) is 53.4 Å². The molecule has 1 fully saturated rings. The molecule has 0 bridgehead atoms. The summed E-state index contributed by atoms with van der Waals surface area (Å²) in [5.41, 5.74) is 2.28. The number of benzene rings is 2. The Kier molecular flexibility index (Phi) is 5.23. The first kappa shape index (κ1) is 19.7. The summed E-state index contributed by atoms with van der Waals surface area (Å²) in [6.07, 6.45) is 1.38. The van der Waals surface area contributed by atoms with E-state index in [9.17, 15) is 18.0 Å². The van der Waals surface area contributed by atoms with E-state index in [1.165, 1.54) is 6.07 Å². The molecular weight excluding hydrogens is 414 g/mol. The first-order valence-electron chi connectivity index (χ1n) is 9.29. The van der Waals surface area contributed by atoms with Crippen LogP contribution in [0.3, 0.4) is 0 Å². The van der Waals surface area contributed by atoms with Crippen LogP contribution in [0, 0.1) is 0 Å². The summed E-state index contributed by atoms with van der Waals surface area (Å²) >= 11 is 5.68. The average molecular weight is 434 g/mol. The first-order valence-corrected chi connectivity index (χ1v) is 11.3. The number of rotatable bonds is 4. The van der Waals surface area contributed by atoms with E-state index in [4.69, 9.17) is 11.6 Å². The lowest BCUT2D eigenvalue weighted by atomic mass is 10.0. The molecule has 2 aromatic carbocycles. The molecule has 152 valence electrons. The number of aryl methyl sites for hydroxylation is 1. The summed E-state index contributed by atoms with van der Waals surface area (Å²) < 4.78 is 27.2. The summed E-state index contributed by atoms with van der Waals surface area (Å²) in [5.74, 6) is -0.346. The van der Waals surface area contributed by atoms with Crippen LogP contribution in [0.5, 0.6) is 0 Å². The van der Waals surface area contributed by atoms with Crippen LogP contribution >= 0.6 is 11.6 Å². The second kappa shape index (κ2) is 7.68. The molecule has 4 rings (SSSR count). The first-order chi connectivity index (χ1) is 13.9. The van der Waals surface area contributed by atoms with E-state index in [0.717, 1.165) is 21.9 Å². The minimum Gasteiger partial charge on any atom is -0.328 e. The van der Waals surface area contributed by atoms with Crippen molar-refractivity contribution in [1.82, 2.24) is 9.62 Å². The Morgan fingerprint density at radius 2 is 1.93 bits per heavy atom. The number of urea groups is 1. The summed E-state index contributed by atoms with van der Waals surface area (Å²) in [4.78, 5) is 26.1. The van der Waals surface area contributed by atoms with E-state index < -0.39 is 22.1 Å². The molecule has 2 heterocycles. The van der Waals surface area contributed by atoms with Gasteiger partial charge in [0.1, 0.15) is 5.88 Å². The molecule has 9 heteroatoms. The fourth-order valence-corrected chi connectivity index (χ4v) is 5.34. The zero-order valence-electron chi connectivity index (χ0n) is 15.5. The van der Waals surface area contributed by atoms with Crippen LogP contribution in [0.4, 0.5) is 10.5 Å². The Hall–Kier alpha value is -2.58. The summed E-state index contributed by atoms with van der Waals surface area (Å²) in [7, 11) is -4.01. The highest BCUT2D eigenvalue weighted by atomic mass is 35.5. The number of nitrogens with zero attached hydrogens (tertiary/aromatic N) is 2. The lowest BCUT2D eigenvalue weighted by Gasteiger charge is -2.29. The van der Waals surface area contributed by atoms with Gasteiger partial charge < -0.3 is 10.2 Å². The maximum absolute atomic E-state index is 13.1. The van der Waals surface area contributed by atoms with Gasteiger partial charge in [0.2, 0.25) is 5.91 Å². The molecule has 0 aromatic heterocycles. The third-order valence-corrected chi connectivity index (χ3v) is 7.22. The van der Waals surface area contributed by atoms with Crippen LogP contribution in [0.1, 0.15) is 23.6 Å². The zero-order valence-corrected chi connectivity index (χ0v) is 17.1. The Bertz CT molecular complexity index is 1060. The number of anilines is 1. The standard InChI is InChI=1S/C20H20ClN3O4S/c21-12-19(25)23-10-4-7-15-11-16(8-9-18(15)23)29(27,28)24-13-17(22-20(24)26)14-5-2-1-3-6-14/h1-3,5-6,8-9,11,17H,4,7,10,12-13H2,(H,22,26). The molecule has 0 spiro atoms. The van der Waals surface area contributed by atoms with Gasteiger partial charge in [0.25, 0.3) is 10.0 Å². The van der Waals surface area contributed by atoms with E-state index in [1.54, 1.807) is 17.0 Å². The zero-order chi connectivity index (χ0) is 20.6. The second-order valence-corrected chi connectivity index (χ2v) is 9.15. The number of carbonyl (C=O) groups is 2. The van der Waals surface area contributed by atoms with Gasteiger partial charge in [0.15, 0.2) is 0 Å². The Labute approximate surface area is 174 Å². The fraction of sp³-hybridized carbons (Fsp3) is 0.300. The molecule has 1 N–H and O–H groups in total. The SMILES string of the molecule is O=C(CCl)N1CCCc2cc(S(=O)(=O)N3CC(c4ccccc4)NC3=O)ccc21. The number of hydrogen-bond donors (Lipinski definition) is 1. The van der Waals surface area contributed by atoms with Crippen molar-refractivity contribution in [3.8, 4) is 0 Å². The van der Waals surface area contributed by atoms with E-state index in [2.05, 4.69) is 5.32 Å². The van der Waals surface area contributed by atoms with Gasteiger partial charge in [-0.1, -0.05) is 30.3 Å². The number of fused-ring (bicyclic) bond motifs is 1. The average Bonchev–Trinajstić information content (AvgIpc) is 3.15. The van der Waals surface area contributed by atoms with Gasteiger partial charge in [-0.25, -0.2) is 17.5 Å². The number of carbonyl (C=O) groups excluding carboxylic acids is 2. The molecule has 0 aliphatic carbocycles. The van der Waals surface area contributed by atoms with Crippen LogP contribution in [-0.2, 0) is 21.2 Å². The second-order valence-electron chi connectivity index (χ2n) is 7.02. The molecule has 0 saturated carbocycles. The number of alkyl halides is 1. The Balaban J connectivity index is 1.63. The van der Waals surface area contributed by atoms with E-state index >= 15 is 0 Å². The molecule has 1 saturated heterocycles. The van der Waals surface area contributed by atoms with Gasteiger partial charge in [0, 0.05) is 12.2 Å². The molecule has 2 aromatic rings. The molecule has 2 aliphatic rings. The van der Waals surface area contributed by atoms with Crippen molar-refractivity contribution in [2.45, 2.75) is 23.8 Å². The molecule has 1 unspecified atom stereocenters. The van der Waals surface area contributed by atoms with Gasteiger partial charge >= 0.3 is 6.03 Å². The number of sulfonamides is 1.